The number of amides is 3. The lowest BCUT2D eigenvalue weighted by Crippen LogP contribution is -2.62. The van der Waals surface area contributed by atoms with E-state index in [0.29, 0.717) is 25.9 Å². The molecule has 0 bridgehead atoms. The first-order valence-electron chi connectivity index (χ1n) is 7.06. The van der Waals surface area contributed by atoms with E-state index in [1.807, 2.05) is 24.3 Å². The number of cyclic esters (lactones) is 1. The van der Waals surface area contributed by atoms with Crippen molar-refractivity contribution in [1.82, 2.24) is 9.80 Å². The molecule has 0 aromatic heterocycles. The minimum atomic E-state index is -0.602. The number of benzene rings is 1. The molecule has 2 aliphatic rings. The maximum Gasteiger partial charge on any atom is 0.417 e. The minimum absolute atomic E-state index is 0.0343. The van der Waals surface area contributed by atoms with Gasteiger partial charge in [-0.15, -0.1) is 0 Å². The van der Waals surface area contributed by atoms with Crippen molar-refractivity contribution < 1.29 is 19.1 Å². The standard InChI is InChI=1S/C15H15BrN2O4/c16-12-4-2-1-3-10(12)5-6-13(19)17-7-11(8-17)18-14(20)9-22-15(18)21/h1-4,11H,5-9H2. The SMILES string of the molecule is O=C(CCc1ccccc1Br)N1CC(N2C(=O)COC2=O)C1. The van der Waals surface area contributed by atoms with Gasteiger partial charge in [-0.3, -0.25) is 9.59 Å². The molecule has 3 amide bonds. The molecule has 0 atom stereocenters. The van der Waals surface area contributed by atoms with Crippen LogP contribution in [0.4, 0.5) is 4.79 Å². The summed E-state index contributed by atoms with van der Waals surface area (Å²) in [6.07, 6.45) is 0.468. The highest BCUT2D eigenvalue weighted by Crippen LogP contribution is 2.22. The summed E-state index contributed by atoms with van der Waals surface area (Å²) in [5, 5.41) is 0. The molecule has 6 nitrogen and oxygen atoms in total. The molecule has 2 saturated heterocycles. The van der Waals surface area contributed by atoms with Gasteiger partial charge in [0.2, 0.25) is 5.91 Å². The van der Waals surface area contributed by atoms with Crippen molar-refractivity contribution in [3.63, 3.8) is 0 Å². The second kappa shape index (κ2) is 6.08. The van der Waals surface area contributed by atoms with Crippen LogP contribution < -0.4 is 0 Å². The van der Waals surface area contributed by atoms with Crippen molar-refractivity contribution in [3.8, 4) is 0 Å². The summed E-state index contributed by atoms with van der Waals surface area (Å²) in [6.45, 7) is 0.608. The van der Waals surface area contributed by atoms with Crippen LogP contribution in [-0.2, 0) is 20.7 Å². The number of rotatable bonds is 4. The fourth-order valence-electron chi connectivity index (χ4n) is 2.64. The topological polar surface area (TPSA) is 66.9 Å². The quantitative estimate of drug-likeness (QED) is 0.811. The lowest BCUT2D eigenvalue weighted by molar-refractivity contribution is -0.142. The molecule has 1 aromatic rings. The Balaban J connectivity index is 1.49. The van der Waals surface area contributed by atoms with Crippen molar-refractivity contribution >= 4 is 33.8 Å². The van der Waals surface area contributed by atoms with Gasteiger partial charge >= 0.3 is 6.09 Å². The fourth-order valence-corrected chi connectivity index (χ4v) is 3.12. The van der Waals surface area contributed by atoms with Crippen LogP contribution in [-0.4, -0.2) is 53.4 Å². The molecule has 0 spiro atoms. The van der Waals surface area contributed by atoms with Gasteiger partial charge in [0.15, 0.2) is 6.61 Å². The summed E-state index contributed by atoms with van der Waals surface area (Å²) in [6, 6.07) is 7.56. The molecule has 0 aliphatic carbocycles. The summed E-state index contributed by atoms with van der Waals surface area (Å²) in [4.78, 5) is 37.8. The number of ether oxygens (including phenoxy) is 1. The van der Waals surface area contributed by atoms with Crippen LogP contribution in [0.25, 0.3) is 0 Å². The van der Waals surface area contributed by atoms with Crippen molar-refractivity contribution in [3.05, 3.63) is 34.3 Å². The first kappa shape index (κ1) is 15.0. The molecule has 2 heterocycles. The highest BCUT2D eigenvalue weighted by Gasteiger charge is 2.44. The zero-order chi connectivity index (χ0) is 15.7. The predicted molar refractivity (Wildman–Crippen MR) is 81.0 cm³/mol. The Kier molecular flexibility index (Phi) is 4.15. The number of halogens is 1. The van der Waals surface area contributed by atoms with Gasteiger partial charge in [-0.05, 0) is 18.1 Å². The third kappa shape index (κ3) is 2.85. The van der Waals surface area contributed by atoms with Gasteiger partial charge in [-0.25, -0.2) is 9.69 Å². The molecular formula is C15H15BrN2O4. The van der Waals surface area contributed by atoms with Crippen LogP contribution in [0.15, 0.2) is 28.7 Å². The highest BCUT2D eigenvalue weighted by atomic mass is 79.9. The average molecular weight is 367 g/mol. The van der Waals surface area contributed by atoms with E-state index in [0.717, 1.165) is 14.9 Å². The molecule has 22 heavy (non-hydrogen) atoms. The van der Waals surface area contributed by atoms with Crippen molar-refractivity contribution in [1.29, 1.82) is 0 Å². The third-order valence-corrected chi connectivity index (χ3v) is 4.70. The van der Waals surface area contributed by atoms with Gasteiger partial charge in [-0.1, -0.05) is 34.1 Å². The molecule has 116 valence electrons. The number of likely N-dealkylation sites (tertiary alicyclic amines) is 1. The van der Waals surface area contributed by atoms with Gasteiger partial charge in [0.05, 0.1) is 6.04 Å². The lowest BCUT2D eigenvalue weighted by Gasteiger charge is -2.42. The molecule has 0 saturated carbocycles. The van der Waals surface area contributed by atoms with E-state index in [1.165, 1.54) is 0 Å². The summed E-state index contributed by atoms with van der Waals surface area (Å²) >= 11 is 3.46. The molecule has 1 aromatic carbocycles. The van der Waals surface area contributed by atoms with E-state index in [1.54, 1.807) is 4.90 Å². The second-order valence-electron chi connectivity index (χ2n) is 5.36. The Morgan fingerprint density at radius 2 is 2.00 bits per heavy atom. The molecule has 7 heteroatoms. The Bertz CT molecular complexity index is 612. The summed E-state index contributed by atoms with van der Waals surface area (Å²) in [5.41, 5.74) is 1.09. The van der Waals surface area contributed by atoms with Crippen LogP contribution in [0.2, 0.25) is 0 Å². The number of hydrogen-bond acceptors (Lipinski definition) is 4. The minimum Gasteiger partial charge on any atom is -0.439 e. The number of imide groups is 1. The monoisotopic (exact) mass is 366 g/mol. The van der Waals surface area contributed by atoms with Crippen molar-refractivity contribution in [2.24, 2.45) is 0 Å². The fraction of sp³-hybridized carbons (Fsp3) is 0.400. The molecule has 2 fully saturated rings. The number of aryl methyl sites for hydroxylation is 1. The largest absolute Gasteiger partial charge is 0.439 e. The van der Waals surface area contributed by atoms with Gasteiger partial charge in [0.25, 0.3) is 5.91 Å². The summed E-state index contributed by atoms with van der Waals surface area (Å²) < 4.78 is 5.67. The maximum atomic E-state index is 12.1. The Morgan fingerprint density at radius 1 is 1.27 bits per heavy atom. The first-order valence-corrected chi connectivity index (χ1v) is 7.85. The highest BCUT2D eigenvalue weighted by molar-refractivity contribution is 9.10. The lowest BCUT2D eigenvalue weighted by atomic mass is 10.0. The van der Waals surface area contributed by atoms with Crippen LogP contribution >= 0.6 is 15.9 Å². The zero-order valence-electron chi connectivity index (χ0n) is 11.8. The van der Waals surface area contributed by atoms with Gasteiger partial charge in [0, 0.05) is 24.0 Å². The van der Waals surface area contributed by atoms with Gasteiger partial charge in [-0.2, -0.15) is 0 Å². The van der Waals surface area contributed by atoms with Gasteiger partial charge < -0.3 is 9.64 Å². The van der Waals surface area contributed by atoms with Crippen molar-refractivity contribution in [2.75, 3.05) is 19.7 Å². The summed E-state index contributed by atoms with van der Waals surface area (Å²) in [5.74, 6) is -0.290. The molecule has 0 radical (unpaired) electrons. The maximum absolute atomic E-state index is 12.1. The molecular weight excluding hydrogens is 352 g/mol. The Hall–Kier alpha value is -1.89. The number of hydrogen-bond donors (Lipinski definition) is 0. The van der Waals surface area contributed by atoms with E-state index in [9.17, 15) is 14.4 Å². The van der Waals surface area contributed by atoms with Gasteiger partial charge in [0.1, 0.15) is 0 Å². The van der Waals surface area contributed by atoms with Crippen LogP contribution in [0.3, 0.4) is 0 Å². The van der Waals surface area contributed by atoms with E-state index in [2.05, 4.69) is 20.7 Å². The molecule has 2 aliphatic heterocycles. The molecule has 0 unspecified atom stereocenters. The molecule has 3 rings (SSSR count). The zero-order valence-corrected chi connectivity index (χ0v) is 13.4. The third-order valence-electron chi connectivity index (χ3n) is 3.93. The van der Waals surface area contributed by atoms with E-state index >= 15 is 0 Å². The summed E-state index contributed by atoms with van der Waals surface area (Å²) in [7, 11) is 0. The van der Waals surface area contributed by atoms with E-state index < -0.39 is 6.09 Å². The molecule has 0 N–H and O–H groups in total. The Morgan fingerprint density at radius 3 is 2.64 bits per heavy atom. The first-order chi connectivity index (χ1) is 10.6. The number of carbonyl (C=O) groups is 3. The van der Waals surface area contributed by atoms with Crippen LogP contribution in [0.5, 0.6) is 0 Å². The van der Waals surface area contributed by atoms with Crippen molar-refractivity contribution in [2.45, 2.75) is 18.9 Å². The smallest absolute Gasteiger partial charge is 0.417 e. The second-order valence-corrected chi connectivity index (χ2v) is 6.22. The van der Waals surface area contributed by atoms with Crippen LogP contribution in [0.1, 0.15) is 12.0 Å². The number of nitrogens with zero attached hydrogens (tertiary/aromatic N) is 2. The van der Waals surface area contributed by atoms with Crippen LogP contribution in [0, 0.1) is 0 Å². The normalized spacial score (nSPS) is 18.4. The van der Waals surface area contributed by atoms with E-state index in [4.69, 9.17) is 0 Å². The predicted octanol–water partition coefficient (Wildman–Crippen LogP) is 1.57. The average Bonchev–Trinajstić information content (AvgIpc) is 2.77. The number of carbonyl (C=O) groups excluding carboxylic acids is 3. The Labute approximate surface area is 136 Å². The van der Waals surface area contributed by atoms with E-state index in [-0.39, 0.29) is 24.5 Å².